The summed E-state index contributed by atoms with van der Waals surface area (Å²) in [5.74, 6) is 3.28. The molecule has 2 N–H and O–H groups in total. The Morgan fingerprint density at radius 2 is 1.20 bits per heavy atom. The number of rotatable bonds is 10. The molecule has 0 radical (unpaired) electrons. The molecule has 0 aromatic heterocycles. The first-order valence-electron chi connectivity index (χ1n) is 22.9. The number of carbonyl (C=O) groups is 5. The van der Waals surface area contributed by atoms with Crippen molar-refractivity contribution in [2.75, 3.05) is 6.61 Å². The van der Waals surface area contributed by atoms with Gasteiger partial charge in [0, 0.05) is 12.8 Å². The van der Waals surface area contributed by atoms with Crippen molar-refractivity contribution in [3.8, 4) is 0 Å². The van der Waals surface area contributed by atoms with Gasteiger partial charge < -0.3 is 34.0 Å². The summed E-state index contributed by atoms with van der Waals surface area (Å²) in [5.41, 5.74) is -2.29. The molecule has 0 aromatic carbocycles. The third-order valence-corrected chi connectivity index (χ3v) is 15.3. The van der Waals surface area contributed by atoms with Crippen molar-refractivity contribution in [2.24, 2.45) is 52.3 Å². The second-order valence-corrected chi connectivity index (χ2v) is 21.5. The van der Waals surface area contributed by atoms with Gasteiger partial charge in [-0.1, -0.05) is 34.6 Å². The lowest BCUT2D eigenvalue weighted by molar-refractivity contribution is -0.225. The van der Waals surface area contributed by atoms with Gasteiger partial charge in [-0.2, -0.15) is 0 Å². The molecule has 1 aliphatic heterocycles. The van der Waals surface area contributed by atoms with Crippen molar-refractivity contribution < 1.29 is 53.1 Å². The summed E-state index contributed by atoms with van der Waals surface area (Å²) in [6.45, 7) is 25.8. The maximum atomic E-state index is 12.5. The third-order valence-electron chi connectivity index (χ3n) is 15.3. The molecule has 1 heterocycles. The minimum atomic E-state index is -0.665. The minimum absolute atomic E-state index is 0.0185. The van der Waals surface area contributed by atoms with E-state index >= 15 is 0 Å². The van der Waals surface area contributed by atoms with Gasteiger partial charge in [0.05, 0.1) is 34.6 Å². The van der Waals surface area contributed by atoms with E-state index in [0.717, 1.165) is 63.2 Å². The van der Waals surface area contributed by atoms with Crippen LogP contribution in [0, 0.1) is 52.3 Å². The van der Waals surface area contributed by atoms with Crippen molar-refractivity contribution in [2.45, 2.75) is 214 Å². The van der Waals surface area contributed by atoms with Crippen LogP contribution < -0.4 is 0 Å². The largest absolute Gasteiger partial charge is 0.463 e. The van der Waals surface area contributed by atoms with Crippen molar-refractivity contribution in [1.82, 2.24) is 0 Å². The van der Waals surface area contributed by atoms with E-state index in [9.17, 15) is 24.3 Å². The summed E-state index contributed by atoms with van der Waals surface area (Å²) in [7, 11) is 0. The average Bonchev–Trinajstić information content (AvgIpc) is 3.56. The number of cyclic esters (lactones) is 1. The van der Waals surface area contributed by atoms with Crippen LogP contribution in [0.25, 0.3) is 0 Å². The predicted molar refractivity (Wildman–Crippen MR) is 227 cm³/mol. The van der Waals surface area contributed by atoms with Gasteiger partial charge in [-0.25, -0.2) is 4.79 Å². The number of hydrogen-bond donors (Lipinski definition) is 2. The highest BCUT2D eigenvalue weighted by atomic mass is 16.6. The summed E-state index contributed by atoms with van der Waals surface area (Å²) in [5, 5.41) is 19.5. The highest BCUT2D eigenvalue weighted by Gasteiger charge is 2.60. The lowest BCUT2D eigenvalue weighted by atomic mass is 9.50. The molecule has 8 bridgehead atoms. The van der Waals surface area contributed by atoms with E-state index in [-0.39, 0.29) is 40.4 Å². The summed E-state index contributed by atoms with van der Waals surface area (Å²) < 4.78 is 21.7. The number of esters is 4. The van der Waals surface area contributed by atoms with Crippen LogP contribution in [0.3, 0.4) is 0 Å². The molecule has 4 unspecified atom stereocenters. The molecule has 8 aliphatic carbocycles. The Bertz CT molecular complexity index is 1380. The Kier molecular flexibility index (Phi) is 17.3. The first kappa shape index (κ1) is 50.8. The van der Waals surface area contributed by atoms with Crippen molar-refractivity contribution in [1.29, 1.82) is 0 Å². The highest BCUT2D eigenvalue weighted by Crippen LogP contribution is 2.60. The predicted octanol–water partition coefficient (Wildman–Crippen LogP) is 9.10. The first-order valence-corrected chi connectivity index (χ1v) is 22.9. The molecule has 9 fully saturated rings. The fourth-order valence-electron chi connectivity index (χ4n) is 10.5. The average molecular weight is 835 g/mol. The Labute approximate surface area is 356 Å². The van der Waals surface area contributed by atoms with Gasteiger partial charge in [-0.05, 0) is 174 Å². The second kappa shape index (κ2) is 20.1. The lowest BCUT2D eigenvalue weighted by Crippen LogP contribution is -2.61. The molecule has 11 nitrogen and oxygen atoms in total. The molecule has 0 amide bonds. The summed E-state index contributed by atoms with van der Waals surface area (Å²) >= 11 is 0. The Hall–Kier alpha value is -2.53. The summed E-state index contributed by atoms with van der Waals surface area (Å²) in [6, 6.07) is 0. The summed E-state index contributed by atoms with van der Waals surface area (Å²) in [4.78, 5) is 55.0. The van der Waals surface area contributed by atoms with Crippen molar-refractivity contribution in [3.05, 3.63) is 0 Å². The minimum Gasteiger partial charge on any atom is -0.463 e. The van der Waals surface area contributed by atoms with Crippen LogP contribution in [0.5, 0.6) is 0 Å². The highest BCUT2D eigenvalue weighted by molar-refractivity contribution is 5.81. The molecule has 4 atom stereocenters. The molecule has 9 rings (SSSR count). The van der Waals surface area contributed by atoms with Crippen LogP contribution in [0.2, 0.25) is 0 Å². The molecule has 340 valence electrons. The van der Waals surface area contributed by atoms with Gasteiger partial charge in [0.25, 0.3) is 0 Å². The van der Waals surface area contributed by atoms with E-state index in [4.69, 9.17) is 24.1 Å². The Balaban J connectivity index is 0.000000220. The SMILES string of the molecule is C=O.CCC(C)(C)C(=O)OC1(C)C2CC3CC(C2)CC1C3.CCC(C)(C)C(=O)OC12CC3CC(CC(O)(C3)C1)C2.CCC(C)(C)O.CCC(C)C(=O)OC1CCOC1=O. The smallest absolute Gasteiger partial charge is 0.347 e. The molecular weight excluding hydrogens is 753 g/mol. The number of ether oxygens (including phenoxy) is 4. The maximum absolute atomic E-state index is 12.5. The standard InChI is InChI=1S/C17H28O2.C16H26O3.C9H14O4.C5H12O.CH2O/c1-5-16(2,3)15(18)19-17(4)13-7-11-6-12(9-13)10-14(17)8-11;1-4-14(2,3)13(17)19-16-8-11-5-12(9-16)7-15(18,6-11)10-16;1-3-6(2)8(10)13-7-4-5-12-9(7)11;1-4-5(2,3)6;1-2/h11-14H,5-10H2,1-4H3;11-12,18H,4-10H2,1-3H3;6-7H,3-5H2,1-2H3;6H,4H2,1-3H3;1H2. The normalized spacial score (nSPS) is 35.2. The topological polar surface area (TPSA) is 163 Å². The molecule has 0 spiro atoms. The van der Waals surface area contributed by atoms with Gasteiger partial charge in [0.1, 0.15) is 18.0 Å². The zero-order valence-electron chi connectivity index (χ0n) is 38.9. The van der Waals surface area contributed by atoms with E-state index in [0.29, 0.717) is 43.1 Å². The van der Waals surface area contributed by atoms with E-state index in [1.54, 1.807) is 20.8 Å². The van der Waals surface area contributed by atoms with E-state index in [1.807, 2.05) is 55.3 Å². The Morgan fingerprint density at radius 1 is 0.763 bits per heavy atom. The van der Waals surface area contributed by atoms with E-state index < -0.39 is 28.7 Å². The first-order chi connectivity index (χ1) is 27.3. The second-order valence-electron chi connectivity index (χ2n) is 21.5. The fraction of sp³-hybridized carbons (Fsp3) is 0.896. The zero-order chi connectivity index (χ0) is 44.8. The Morgan fingerprint density at radius 3 is 1.58 bits per heavy atom. The van der Waals surface area contributed by atoms with Crippen molar-refractivity contribution >= 4 is 30.7 Å². The fourth-order valence-corrected chi connectivity index (χ4v) is 10.5. The quantitative estimate of drug-likeness (QED) is 0.159. The molecule has 59 heavy (non-hydrogen) atoms. The zero-order valence-corrected chi connectivity index (χ0v) is 38.9. The molecular formula is C48H82O11. The van der Waals surface area contributed by atoms with E-state index in [2.05, 4.69) is 18.6 Å². The van der Waals surface area contributed by atoms with Gasteiger partial charge in [0.2, 0.25) is 6.10 Å². The van der Waals surface area contributed by atoms with Crippen LogP contribution >= 0.6 is 0 Å². The molecule has 8 saturated carbocycles. The maximum Gasteiger partial charge on any atom is 0.347 e. The van der Waals surface area contributed by atoms with Crippen molar-refractivity contribution in [3.63, 3.8) is 0 Å². The molecule has 1 saturated heterocycles. The van der Waals surface area contributed by atoms with E-state index in [1.165, 1.54) is 38.5 Å². The van der Waals surface area contributed by atoms with Gasteiger partial charge in [-0.3, -0.25) is 14.4 Å². The van der Waals surface area contributed by atoms with Crippen LogP contribution in [0.1, 0.15) is 186 Å². The molecule has 9 aliphatic rings. The van der Waals surface area contributed by atoms with Crippen LogP contribution in [0.4, 0.5) is 0 Å². The lowest BCUT2D eigenvalue weighted by Gasteiger charge is -2.59. The van der Waals surface area contributed by atoms with Crippen LogP contribution in [-0.2, 0) is 42.9 Å². The molecule has 11 heteroatoms. The number of aliphatic hydroxyl groups is 2. The van der Waals surface area contributed by atoms with Gasteiger partial charge in [0.15, 0.2) is 0 Å². The van der Waals surface area contributed by atoms with Crippen LogP contribution in [-0.4, -0.2) is 76.0 Å². The number of carbonyl (C=O) groups excluding carboxylic acids is 5. The molecule has 0 aromatic rings. The summed E-state index contributed by atoms with van der Waals surface area (Å²) in [6.07, 6.45) is 15.3. The monoisotopic (exact) mass is 835 g/mol. The van der Waals surface area contributed by atoms with Gasteiger partial charge >= 0.3 is 23.9 Å². The number of hydrogen-bond acceptors (Lipinski definition) is 11. The van der Waals surface area contributed by atoms with Crippen LogP contribution in [0.15, 0.2) is 0 Å². The van der Waals surface area contributed by atoms with Gasteiger partial charge in [-0.15, -0.1) is 0 Å². The third kappa shape index (κ3) is 13.0.